The summed E-state index contributed by atoms with van der Waals surface area (Å²) in [5.41, 5.74) is 0.431. The molecule has 0 heterocycles. The van der Waals surface area contributed by atoms with Crippen molar-refractivity contribution in [2.24, 2.45) is 0 Å². The van der Waals surface area contributed by atoms with Gasteiger partial charge in [-0.2, -0.15) is 0 Å². The SMILES string of the molecule is CC(C)NC(=O)COC(=O)[C@H](C)NC(=O)c1ccc(Br)cc1. The summed E-state index contributed by atoms with van der Waals surface area (Å²) in [6, 6.07) is 5.85. The Labute approximate surface area is 137 Å². The Morgan fingerprint density at radius 2 is 1.68 bits per heavy atom. The minimum atomic E-state index is -0.844. The highest BCUT2D eigenvalue weighted by molar-refractivity contribution is 9.10. The van der Waals surface area contributed by atoms with Crippen LogP contribution in [0.15, 0.2) is 28.7 Å². The third kappa shape index (κ3) is 6.26. The molecule has 7 heteroatoms. The molecule has 0 aliphatic rings. The van der Waals surface area contributed by atoms with Gasteiger partial charge in [-0.15, -0.1) is 0 Å². The number of amides is 2. The van der Waals surface area contributed by atoms with Crippen LogP contribution in [0.5, 0.6) is 0 Å². The fourth-order valence-corrected chi connectivity index (χ4v) is 1.83. The van der Waals surface area contributed by atoms with Gasteiger partial charge in [0.25, 0.3) is 11.8 Å². The molecule has 0 saturated heterocycles. The fourth-order valence-electron chi connectivity index (χ4n) is 1.57. The van der Waals surface area contributed by atoms with Crippen LogP contribution in [0.2, 0.25) is 0 Å². The second kappa shape index (κ2) is 8.53. The van der Waals surface area contributed by atoms with E-state index >= 15 is 0 Å². The van der Waals surface area contributed by atoms with E-state index in [0.29, 0.717) is 5.56 Å². The fraction of sp³-hybridized carbons (Fsp3) is 0.400. The first-order valence-corrected chi connectivity index (χ1v) is 7.61. The third-order valence-electron chi connectivity index (χ3n) is 2.60. The van der Waals surface area contributed by atoms with Gasteiger partial charge < -0.3 is 15.4 Å². The lowest BCUT2D eigenvalue weighted by Gasteiger charge is -2.14. The molecule has 0 bridgehead atoms. The second-order valence-corrected chi connectivity index (χ2v) is 5.95. The summed E-state index contributed by atoms with van der Waals surface area (Å²) in [6.45, 7) is 4.75. The maximum atomic E-state index is 11.9. The molecule has 0 spiro atoms. The van der Waals surface area contributed by atoms with Crippen LogP contribution >= 0.6 is 15.9 Å². The molecule has 0 aliphatic heterocycles. The quantitative estimate of drug-likeness (QED) is 0.745. The molecule has 1 aromatic carbocycles. The van der Waals surface area contributed by atoms with E-state index in [1.165, 1.54) is 6.92 Å². The maximum Gasteiger partial charge on any atom is 0.328 e. The summed E-state index contributed by atoms with van der Waals surface area (Å²) < 4.78 is 5.70. The first kappa shape index (κ1) is 18.2. The Bertz CT molecular complexity index is 543. The van der Waals surface area contributed by atoms with Crippen molar-refractivity contribution in [3.05, 3.63) is 34.3 Å². The van der Waals surface area contributed by atoms with E-state index in [2.05, 4.69) is 26.6 Å². The molecule has 0 radical (unpaired) electrons. The monoisotopic (exact) mass is 370 g/mol. The Morgan fingerprint density at radius 3 is 2.23 bits per heavy atom. The summed E-state index contributed by atoms with van der Waals surface area (Å²) in [5.74, 6) is -1.43. The molecule has 0 unspecified atom stereocenters. The Morgan fingerprint density at radius 1 is 1.09 bits per heavy atom. The third-order valence-corrected chi connectivity index (χ3v) is 3.13. The van der Waals surface area contributed by atoms with Gasteiger partial charge in [0.2, 0.25) is 0 Å². The van der Waals surface area contributed by atoms with Crippen molar-refractivity contribution < 1.29 is 19.1 Å². The molecule has 0 saturated carbocycles. The van der Waals surface area contributed by atoms with Gasteiger partial charge in [0, 0.05) is 16.1 Å². The summed E-state index contributed by atoms with van der Waals surface area (Å²) in [4.78, 5) is 35.0. The standard InChI is InChI=1S/C15H19BrN2O4/c1-9(2)17-13(19)8-22-15(21)10(3)18-14(20)11-4-6-12(16)7-5-11/h4-7,9-10H,8H2,1-3H3,(H,17,19)(H,18,20)/t10-/m0/s1. The van der Waals surface area contributed by atoms with E-state index < -0.39 is 12.0 Å². The zero-order valence-corrected chi connectivity index (χ0v) is 14.3. The minimum Gasteiger partial charge on any atom is -0.454 e. The smallest absolute Gasteiger partial charge is 0.328 e. The molecule has 1 aromatic rings. The van der Waals surface area contributed by atoms with Crippen molar-refractivity contribution in [1.29, 1.82) is 0 Å². The van der Waals surface area contributed by atoms with Gasteiger partial charge in [-0.3, -0.25) is 9.59 Å². The summed E-state index contributed by atoms with van der Waals surface area (Å²) in [7, 11) is 0. The van der Waals surface area contributed by atoms with E-state index in [1.54, 1.807) is 38.1 Å². The van der Waals surface area contributed by atoms with Gasteiger partial charge in [0.1, 0.15) is 6.04 Å². The molecule has 0 aliphatic carbocycles. The number of halogens is 1. The average molecular weight is 371 g/mol. The molecule has 0 fully saturated rings. The largest absolute Gasteiger partial charge is 0.454 e. The van der Waals surface area contributed by atoms with Crippen LogP contribution in [0, 0.1) is 0 Å². The van der Waals surface area contributed by atoms with Crippen LogP contribution in [-0.4, -0.2) is 36.5 Å². The lowest BCUT2D eigenvalue weighted by Crippen LogP contribution is -2.41. The van der Waals surface area contributed by atoms with Gasteiger partial charge in [0.15, 0.2) is 6.61 Å². The molecule has 2 amide bonds. The van der Waals surface area contributed by atoms with Crippen LogP contribution in [0.4, 0.5) is 0 Å². The van der Waals surface area contributed by atoms with E-state index in [-0.39, 0.29) is 24.5 Å². The lowest BCUT2D eigenvalue weighted by atomic mass is 10.2. The van der Waals surface area contributed by atoms with Crippen molar-refractivity contribution >= 4 is 33.7 Å². The number of carbonyl (C=O) groups excluding carboxylic acids is 3. The van der Waals surface area contributed by atoms with Crippen LogP contribution < -0.4 is 10.6 Å². The van der Waals surface area contributed by atoms with Crippen LogP contribution in [0.1, 0.15) is 31.1 Å². The van der Waals surface area contributed by atoms with Gasteiger partial charge in [-0.05, 0) is 45.0 Å². The Balaban J connectivity index is 2.45. The molecular weight excluding hydrogens is 352 g/mol. The van der Waals surface area contributed by atoms with Gasteiger partial charge >= 0.3 is 5.97 Å². The second-order valence-electron chi connectivity index (χ2n) is 5.03. The molecular formula is C15H19BrN2O4. The van der Waals surface area contributed by atoms with Crippen LogP contribution in [0.25, 0.3) is 0 Å². The number of hydrogen-bond acceptors (Lipinski definition) is 4. The normalized spacial score (nSPS) is 11.7. The first-order chi connectivity index (χ1) is 10.3. The van der Waals surface area contributed by atoms with Crippen molar-refractivity contribution in [2.75, 3.05) is 6.61 Å². The highest BCUT2D eigenvalue weighted by atomic mass is 79.9. The number of esters is 1. The number of benzene rings is 1. The predicted octanol–water partition coefficient (Wildman–Crippen LogP) is 1.64. The lowest BCUT2D eigenvalue weighted by molar-refractivity contribution is -0.150. The molecule has 22 heavy (non-hydrogen) atoms. The first-order valence-electron chi connectivity index (χ1n) is 6.82. The summed E-state index contributed by atoms with van der Waals surface area (Å²) >= 11 is 3.28. The topological polar surface area (TPSA) is 84.5 Å². The molecule has 0 aromatic heterocycles. The molecule has 6 nitrogen and oxygen atoms in total. The number of ether oxygens (including phenoxy) is 1. The highest BCUT2D eigenvalue weighted by Gasteiger charge is 2.19. The molecule has 2 N–H and O–H groups in total. The average Bonchev–Trinajstić information content (AvgIpc) is 2.44. The maximum absolute atomic E-state index is 11.9. The predicted molar refractivity (Wildman–Crippen MR) is 85.3 cm³/mol. The van der Waals surface area contributed by atoms with Gasteiger partial charge in [0.05, 0.1) is 0 Å². The summed E-state index contributed by atoms with van der Waals surface area (Å²) in [5, 5.41) is 5.12. The molecule has 120 valence electrons. The molecule has 1 atom stereocenters. The minimum absolute atomic E-state index is 0.0271. The van der Waals surface area contributed by atoms with Crippen LogP contribution in [0.3, 0.4) is 0 Å². The van der Waals surface area contributed by atoms with E-state index in [9.17, 15) is 14.4 Å². The van der Waals surface area contributed by atoms with Gasteiger partial charge in [-0.1, -0.05) is 15.9 Å². The van der Waals surface area contributed by atoms with Crippen molar-refractivity contribution in [3.63, 3.8) is 0 Å². The number of hydrogen-bond donors (Lipinski definition) is 2. The molecule has 1 rings (SSSR count). The zero-order chi connectivity index (χ0) is 16.7. The number of nitrogens with one attached hydrogen (secondary N) is 2. The van der Waals surface area contributed by atoms with E-state index in [0.717, 1.165) is 4.47 Å². The van der Waals surface area contributed by atoms with Crippen LogP contribution in [-0.2, 0) is 14.3 Å². The van der Waals surface area contributed by atoms with Crippen molar-refractivity contribution in [2.45, 2.75) is 32.9 Å². The van der Waals surface area contributed by atoms with E-state index in [1.807, 2.05) is 0 Å². The number of rotatable bonds is 6. The Kier molecular flexibility index (Phi) is 7.04. The number of carbonyl (C=O) groups is 3. The zero-order valence-electron chi connectivity index (χ0n) is 12.7. The van der Waals surface area contributed by atoms with Crippen molar-refractivity contribution in [3.8, 4) is 0 Å². The Hall–Kier alpha value is -1.89. The highest BCUT2D eigenvalue weighted by Crippen LogP contribution is 2.10. The summed E-state index contributed by atoms with van der Waals surface area (Å²) in [6.07, 6.45) is 0. The van der Waals surface area contributed by atoms with Crippen molar-refractivity contribution in [1.82, 2.24) is 10.6 Å². The van der Waals surface area contributed by atoms with E-state index in [4.69, 9.17) is 4.74 Å². The van der Waals surface area contributed by atoms with Gasteiger partial charge in [-0.25, -0.2) is 4.79 Å².